The van der Waals surface area contributed by atoms with Crippen molar-refractivity contribution in [1.82, 2.24) is 24.9 Å². The molecule has 2 aromatic rings. The van der Waals surface area contributed by atoms with Crippen molar-refractivity contribution in [3.63, 3.8) is 0 Å². The maximum atomic E-state index is 12.4. The van der Waals surface area contributed by atoms with Gasteiger partial charge in [-0.05, 0) is 25.3 Å². The number of carbonyl (C=O) groups excluding carboxylic acids is 1. The largest absolute Gasteiger partial charge is 0.329 e. The highest BCUT2D eigenvalue weighted by atomic mass is 16.2. The highest BCUT2D eigenvalue weighted by Gasteiger charge is 2.21. The molecule has 0 aromatic carbocycles. The number of hydrogen-bond donors (Lipinski definition) is 2. The van der Waals surface area contributed by atoms with Gasteiger partial charge in [-0.25, -0.2) is 9.48 Å². The van der Waals surface area contributed by atoms with E-state index >= 15 is 0 Å². The van der Waals surface area contributed by atoms with Crippen molar-refractivity contribution in [2.75, 3.05) is 5.32 Å². The fourth-order valence-electron chi connectivity index (χ4n) is 3.27. The van der Waals surface area contributed by atoms with Crippen LogP contribution in [0.3, 0.4) is 0 Å². The fraction of sp³-hybridized carbons (Fsp3) is 0.562. The van der Waals surface area contributed by atoms with E-state index in [1.807, 2.05) is 30.8 Å². The molecule has 23 heavy (non-hydrogen) atoms. The molecule has 2 heterocycles. The lowest BCUT2D eigenvalue weighted by Crippen LogP contribution is -2.34. The van der Waals surface area contributed by atoms with Crippen LogP contribution in [0.25, 0.3) is 0 Å². The number of hydrogen-bond acceptors (Lipinski definition) is 3. The monoisotopic (exact) mass is 316 g/mol. The number of aromatic nitrogens is 4. The summed E-state index contributed by atoms with van der Waals surface area (Å²) in [5.41, 5.74) is 0.993. The summed E-state index contributed by atoms with van der Waals surface area (Å²) in [6, 6.07) is 3.91. The third kappa shape index (κ3) is 3.38. The van der Waals surface area contributed by atoms with E-state index in [1.165, 1.54) is 12.8 Å². The van der Waals surface area contributed by atoms with Crippen molar-refractivity contribution in [2.45, 2.75) is 51.1 Å². The standard InChI is InChI=1S/C16H24N6O/c1-3-13(14-8-10-17-21(14)2)19-16(23)20-15-9-11-18-22(15)12-6-4-5-7-12/h8-13H,3-7H2,1-2H3,(H2,19,20,23)/t13-/m1/s1. The lowest BCUT2D eigenvalue weighted by atomic mass is 10.1. The van der Waals surface area contributed by atoms with Gasteiger partial charge in [0.1, 0.15) is 5.82 Å². The van der Waals surface area contributed by atoms with Gasteiger partial charge in [0.25, 0.3) is 0 Å². The van der Waals surface area contributed by atoms with Crippen LogP contribution in [-0.4, -0.2) is 25.6 Å². The van der Waals surface area contributed by atoms with Crippen LogP contribution in [0.15, 0.2) is 24.5 Å². The highest BCUT2D eigenvalue weighted by molar-refractivity contribution is 5.88. The first kappa shape index (κ1) is 15.6. The Morgan fingerprint density at radius 2 is 2.04 bits per heavy atom. The number of nitrogens with zero attached hydrogens (tertiary/aromatic N) is 4. The molecule has 1 saturated carbocycles. The first-order chi connectivity index (χ1) is 11.2. The third-order valence-corrected chi connectivity index (χ3v) is 4.51. The molecule has 1 aliphatic carbocycles. The molecule has 124 valence electrons. The maximum Gasteiger partial charge on any atom is 0.320 e. The SMILES string of the molecule is CC[C@@H](NC(=O)Nc1ccnn1C1CCCC1)c1ccnn1C. The lowest BCUT2D eigenvalue weighted by molar-refractivity contribution is 0.247. The normalized spacial score (nSPS) is 16.4. The van der Waals surface area contributed by atoms with Gasteiger partial charge in [-0.15, -0.1) is 0 Å². The molecule has 1 aliphatic rings. The molecule has 0 radical (unpaired) electrons. The molecule has 1 atom stereocenters. The summed E-state index contributed by atoms with van der Waals surface area (Å²) in [6.45, 7) is 2.04. The van der Waals surface area contributed by atoms with Gasteiger partial charge in [0.2, 0.25) is 0 Å². The Hall–Kier alpha value is -2.31. The van der Waals surface area contributed by atoms with Gasteiger partial charge in [-0.1, -0.05) is 19.8 Å². The molecule has 3 rings (SSSR count). The van der Waals surface area contributed by atoms with E-state index in [0.29, 0.717) is 6.04 Å². The van der Waals surface area contributed by atoms with Crippen molar-refractivity contribution in [2.24, 2.45) is 7.05 Å². The van der Waals surface area contributed by atoms with Crippen LogP contribution in [0, 0.1) is 0 Å². The second-order valence-corrected chi connectivity index (χ2v) is 6.04. The Labute approximate surface area is 136 Å². The average Bonchev–Trinajstić information content (AvgIpc) is 3.25. The molecule has 2 N–H and O–H groups in total. The minimum atomic E-state index is -0.210. The number of aryl methyl sites for hydroxylation is 1. The third-order valence-electron chi connectivity index (χ3n) is 4.51. The van der Waals surface area contributed by atoms with Crippen LogP contribution >= 0.6 is 0 Å². The van der Waals surface area contributed by atoms with Crippen molar-refractivity contribution in [3.05, 3.63) is 30.2 Å². The smallest absolute Gasteiger partial charge is 0.320 e. The highest BCUT2D eigenvalue weighted by Crippen LogP contribution is 2.31. The first-order valence-electron chi connectivity index (χ1n) is 8.28. The minimum absolute atomic E-state index is 0.0645. The average molecular weight is 316 g/mol. The number of anilines is 1. The van der Waals surface area contributed by atoms with Crippen molar-refractivity contribution >= 4 is 11.8 Å². The molecule has 0 unspecified atom stereocenters. The van der Waals surface area contributed by atoms with Crippen LogP contribution in [0.2, 0.25) is 0 Å². The van der Waals surface area contributed by atoms with Crippen LogP contribution in [0.5, 0.6) is 0 Å². The number of urea groups is 1. The number of nitrogens with one attached hydrogen (secondary N) is 2. The van der Waals surface area contributed by atoms with Gasteiger partial charge in [-0.2, -0.15) is 10.2 Å². The molecular formula is C16H24N6O. The maximum absolute atomic E-state index is 12.4. The molecule has 2 amide bonds. The van der Waals surface area contributed by atoms with Crippen LogP contribution in [0.4, 0.5) is 10.6 Å². The Kier molecular flexibility index (Phi) is 4.64. The quantitative estimate of drug-likeness (QED) is 0.890. The van der Waals surface area contributed by atoms with E-state index in [-0.39, 0.29) is 12.1 Å². The second kappa shape index (κ2) is 6.85. The summed E-state index contributed by atoms with van der Waals surface area (Å²) in [4.78, 5) is 12.4. The second-order valence-electron chi connectivity index (χ2n) is 6.04. The summed E-state index contributed by atoms with van der Waals surface area (Å²) in [5, 5.41) is 14.5. The van der Waals surface area contributed by atoms with E-state index in [2.05, 4.69) is 20.8 Å². The molecule has 7 nitrogen and oxygen atoms in total. The minimum Gasteiger partial charge on any atom is -0.329 e. The summed E-state index contributed by atoms with van der Waals surface area (Å²) in [5.74, 6) is 0.759. The van der Waals surface area contributed by atoms with Crippen LogP contribution in [0.1, 0.15) is 56.8 Å². The summed E-state index contributed by atoms with van der Waals surface area (Å²) in [7, 11) is 1.88. The van der Waals surface area contributed by atoms with E-state index in [0.717, 1.165) is 30.8 Å². The predicted molar refractivity (Wildman–Crippen MR) is 88.1 cm³/mol. The number of carbonyl (C=O) groups is 1. The van der Waals surface area contributed by atoms with Gasteiger partial charge in [0.15, 0.2) is 0 Å². The zero-order valence-electron chi connectivity index (χ0n) is 13.7. The molecule has 7 heteroatoms. The number of amides is 2. The van der Waals surface area contributed by atoms with E-state index in [4.69, 9.17) is 0 Å². The van der Waals surface area contributed by atoms with Crippen molar-refractivity contribution in [3.8, 4) is 0 Å². The summed E-state index contributed by atoms with van der Waals surface area (Å²) >= 11 is 0. The Morgan fingerprint density at radius 3 is 2.70 bits per heavy atom. The topological polar surface area (TPSA) is 76.8 Å². The molecule has 0 aliphatic heterocycles. The molecule has 0 saturated heterocycles. The van der Waals surface area contributed by atoms with E-state index in [9.17, 15) is 4.79 Å². The van der Waals surface area contributed by atoms with Gasteiger partial charge in [0.05, 0.1) is 24.0 Å². The van der Waals surface area contributed by atoms with Crippen LogP contribution in [-0.2, 0) is 7.05 Å². The molecule has 2 aromatic heterocycles. The van der Waals surface area contributed by atoms with Gasteiger partial charge < -0.3 is 5.32 Å². The zero-order valence-corrected chi connectivity index (χ0v) is 13.7. The Bertz CT molecular complexity index is 655. The summed E-state index contributed by atoms with van der Waals surface area (Å²) < 4.78 is 3.73. The number of rotatable bonds is 5. The Balaban J connectivity index is 1.65. The molecule has 0 bridgehead atoms. The zero-order chi connectivity index (χ0) is 16.2. The Morgan fingerprint density at radius 1 is 1.30 bits per heavy atom. The molecule has 1 fully saturated rings. The van der Waals surface area contributed by atoms with Crippen molar-refractivity contribution in [1.29, 1.82) is 0 Å². The van der Waals surface area contributed by atoms with Gasteiger partial charge in [0, 0.05) is 19.3 Å². The lowest BCUT2D eigenvalue weighted by Gasteiger charge is -2.19. The fourth-order valence-corrected chi connectivity index (χ4v) is 3.27. The molecule has 0 spiro atoms. The van der Waals surface area contributed by atoms with Gasteiger partial charge >= 0.3 is 6.03 Å². The first-order valence-corrected chi connectivity index (χ1v) is 8.28. The molecular weight excluding hydrogens is 292 g/mol. The summed E-state index contributed by atoms with van der Waals surface area (Å²) in [6.07, 6.45) is 9.01. The van der Waals surface area contributed by atoms with Crippen LogP contribution < -0.4 is 10.6 Å². The van der Waals surface area contributed by atoms with Crippen molar-refractivity contribution < 1.29 is 4.79 Å². The van der Waals surface area contributed by atoms with Gasteiger partial charge in [-0.3, -0.25) is 10.00 Å². The predicted octanol–water partition coefficient (Wildman–Crippen LogP) is 3.00. The van der Waals surface area contributed by atoms with E-state index < -0.39 is 0 Å². The van der Waals surface area contributed by atoms with E-state index in [1.54, 1.807) is 17.1 Å².